The molecule has 0 aliphatic rings. The monoisotopic (exact) mass is 421 g/mol. The van der Waals surface area contributed by atoms with Crippen LogP contribution in [0.3, 0.4) is 0 Å². The molecule has 0 aliphatic heterocycles. The minimum absolute atomic E-state index is 0.146. The number of ether oxygens (including phenoxy) is 1. The highest BCUT2D eigenvalue weighted by molar-refractivity contribution is 7.00. The van der Waals surface area contributed by atoms with E-state index in [1.807, 2.05) is 36.4 Å². The molecule has 0 saturated heterocycles. The zero-order valence-electron chi connectivity index (χ0n) is 16.2. The lowest BCUT2D eigenvalue weighted by molar-refractivity contribution is -0.116. The summed E-state index contributed by atoms with van der Waals surface area (Å²) in [6, 6.07) is 16.1. The van der Waals surface area contributed by atoms with Crippen molar-refractivity contribution in [2.75, 3.05) is 12.4 Å². The second-order valence-electron chi connectivity index (χ2n) is 6.60. The third-order valence-electron chi connectivity index (χ3n) is 4.57. The normalized spacial score (nSPS) is 10.8. The SMILES string of the molecule is COc1cccc(-c2ccc(=O)n(CCCC(=O)Nc3cccc4nsnc34)n2)c1. The molecule has 0 radical (unpaired) electrons. The Kier molecular flexibility index (Phi) is 5.80. The number of fused-ring (bicyclic) bond motifs is 1. The average molecular weight is 421 g/mol. The smallest absolute Gasteiger partial charge is 0.266 e. The van der Waals surface area contributed by atoms with E-state index < -0.39 is 0 Å². The molecular weight excluding hydrogens is 402 g/mol. The van der Waals surface area contributed by atoms with E-state index in [1.54, 1.807) is 19.2 Å². The van der Waals surface area contributed by atoms with Gasteiger partial charge >= 0.3 is 0 Å². The van der Waals surface area contributed by atoms with Crippen molar-refractivity contribution in [2.24, 2.45) is 0 Å². The Labute approximate surface area is 176 Å². The summed E-state index contributed by atoms with van der Waals surface area (Å²) in [5, 5.41) is 7.30. The average Bonchev–Trinajstić information content (AvgIpc) is 3.25. The van der Waals surface area contributed by atoms with Crippen molar-refractivity contribution in [2.45, 2.75) is 19.4 Å². The fraction of sp³-hybridized carbons (Fsp3) is 0.190. The number of carbonyl (C=O) groups is 1. The van der Waals surface area contributed by atoms with E-state index in [2.05, 4.69) is 19.2 Å². The number of hydrogen-bond acceptors (Lipinski definition) is 7. The van der Waals surface area contributed by atoms with Gasteiger partial charge in [0.2, 0.25) is 5.91 Å². The number of methoxy groups -OCH3 is 1. The first-order valence-electron chi connectivity index (χ1n) is 9.38. The maximum absolute atomic E-state index is 12.3. The van der Waals surface area contributed by atoms with Gasteiger partial charge in [0.05, 0.1) is 30.2 Å². The summed E-state index contributed by atoms with van der Waals surface area (Å²) in [7, 11) is 1.60. The summed E-state index contributed by atoms with van der Waals surface area (Å²) in [5.74, 6) is 0.571. The summed E-state index contributed by atoms with van der Waals surface area (Å²) < 4.78 is 15.0. The quantitative estimate of drug-likeness (QED) is 0.491. The lowest BCUT2D eigenvalue weighted by Gasteiger charge is -2.09. The van der Waals surface area contributed by atoms with Crippen molar-refractivity contribution in [3.63, 3.8) is 0 Å². The second-order valence-corrected chi connectivity index (χ2v) is 7.13. The minimum Gasteiger partial charge on any atom is -0.497 e. The van der Waals surface area contributed by atoms with Crippen molar-refractivity contribution in [1.82, 2.24) is 18.5 Å². The fourth-order valence-electron chi connectivity index (χ4n) is 3.05. The molecule has 152 valence electrons. The Bertz CT molecular complexity index is 1250. The van der Waals surface area contributed by atoms with E-state index in [0.717, 1.165) is 22.8 Å². The van der Waals surface area contributed by atoms with Crippen molar-refractivity contribution < 1.29 is 9.53 Å². The standard InChI is InChI=1S/C21H19N5O3S/c1-29-15-6-2-5-14(13-15)16-10-11-20(28)26(23-16)12-4-9-19(27)22-17-7-3-8-18-21(17)25-30-24-18/h2-3,5-8,10-11,13H,4,9,12H2,1H3,(H,22,27). The molecule has 1 amide bonds. The Morgan fingerprint density at radius 1 is 1.13 bits per heavy atom. The van der Waals surface area contributed by atoms with Crippen molar-refractivity contribution in [1.29, 1.82) is 0 Å². The van der Waals surface area contributed by atoms with Crippen LogP contribution in [-0.2, 0) is 11.3 Å². The first kappa shape index (κ1) is 19.7. The van der Waals surface area contributed by atoms with Crippen LogP contribution >= 0.6 is 11.7 Å². The van der Waals surface area contributed by atoms with Gasteiger partial charge < -0.3 is 10.1 Å². The van der Waals surface area contributed by atoms with Crippen LogP contribution in [0.4, 0.5) is 5.69 Å². The molecule has 9 heteroatoms. The van der Waals surface area contributed by atoms with Gasteiger partial charge in [-0.1, -0.05) is 18.2 Å². The first-order valence-corrected chi connectivity index (χ1v) is 10.1. The van der Waals surface area contributed by atoms with Crippen LogP contribution in [-0.4, -0.2) is 31.5 Å². The molecule has 2 aromatic carbocycles. The van der Waals surface area contributed by atoms with E-state index in [9.17, 15) is 9.59 Å². The first-order chi connectivity index (χ1) is 14.6. The minimum atomic E-state index is -0.208. The predicted octanol–water partition coefficient (Wildman–Crippen LogP) is 3.34. The van der Waals surface area contributed by atoms with E-state index >= 15 is 0 Å². The zero-order chi connectivity index (χ0) is 20.9. The third kappa shape index (κ3) is 4.36. The molecule has 0 fully saturated rings. The van der Waals surface area contributed by atoms with Crippen LogP contribution in [0.15, 0.2) is 59.4 Å². The maximum atomic E-state index is 12.3. The molecular formula is C21H19N5O3S. The number of anilines is 1. The largest absolute Gasteiger partial charge is 0.497 e. The summed E-state index contributed by atoms with van der Waals surface area (Å²) in [4.78, 5) is 24.5. The highest BCUT2D eigenvalue weighted by Crippen LogP contribution is 2.22. The van der Waals surface area contributed by atoms with E-state index in [-0.39, 0.29) is 17.9 Å². The van der Waals surface area contributed by atoms with Gasteiger partial charge in [-0.25, -0.2) is 4.68 Å². The van der Waals surface area contributed by atoms with Gasteiger partial charge in [0, 0.05) is 24.6 Å². The number of benzene rings is 2. The number of rotatable bonds is 7. The van der Waals surface area contributed by atoms with Gasteiger partial charge in [-0.05, 0) is 36.8 Å². The summed E-state index contributed by atoms with van der Waals surface area (Å²) >= 11 is 1.11. The van der Waals surface area contributed by atoms with Gasteiger partial charge in [0.25, 0.3) is 5.56 Å². The van der Waals surface area contributed by atoms with Gasteiger partial charge in [-0.2, -0.15) is 13.8 Å². The van der Waals surface area contributed by atoms with Gasteiger partial charge in [0.1, 0.15) is 16.8 Å². The molecule has 2 aromatic heterocycles. The van der Waals surface area contributed by atoms with Crippen LogP contribution in [0.1, 0.15) is 12.8 Å². The molecule has 0 atom stereocenters. The van der Waals surface area contributed by atoms with Crippen LogP contribution in [0.25, 0.3) is 22.3 Å². The van der Waals surface area contributed by atoms with Crippen molar-refractivity contribution in [3.05, 3.63) is 65.0 Å². The van der Waals surface area contributed by atoms with Crippen molar-refractivity contribution in [3.8, 4) is 17.0 Å². The van der Waals surface area contributed by atoms with Gasteiger partial charge in [0.15, 0.2) is 0 Å². The van der Waals surface area contributed by atoms with Crippen LogP contribution in [0, 0.1) is 0 Å². The Hall–Kier alpha value is -3.59. The topological polar surface area (TPSA) is 99.0 Å². The molecule has 0 saturated carbocycles. The number of amides is 1. The molecule has 1 N–H and O–H groups in total. The molecule has 0 unspecified atom stereocenters. The van der Waals surface area contributed by atoms with E-state index in [4.69, 9.17) is 4.74 Å². The van der Waals surface area contributed by atoms with Crippen molar-refractivity contribution >= 4 is 34.4 Å². The summed E-state index contributed by atoms with van der Waals surface area (Å²) in [6.45, 7) is 0.340. The maximum Gasteiger partial charge on any atom is 0.266 e. The number of carbonyl (C=O) groups excluding carboxylic acids is 1. The fourth-order valence-corrected chi connectivity index (χ4v) is 3.60. The predicted molar refractivity (Wildman–Crippen MR) is 116 cm³/mol. The number of aryl methyl sites for hydroxylation is 1. The van der Waals surface area contributed by atoms with Gasteiger partial charge in [-0.3, -0.25) is 9.59 Å². The molecule has 0 aliphatic carbocycles. The van der Waals surface area contributed by atoms with Crippen LogP contribution in [0.2, 0.25) is 0 Å². The molecule has 0 spiro atoms. The third-order valence-corrected chi connectivity index (χ3v) is 5.11. The molecule has 30 heavy (non-hydrogen) atoms. The molecule has 2 heterocycles. The summed E-state index contributed by atoms with van der Waals surface area (Å²) in [5.41, 5.74) is 3.39. The Morgan fingerprint density at radius 2 is 2.00 bits per heavy atom. The number of hydrogen-bond donors (Lipinski definition) is 1. The van der Waals surface area contributed by atoms with Crippen LogP contribution < -0.4 is 15.6 Å². The number of nitrogens with zero attached hydrogens (tertiary/aromatic N) is 4. The Balaban J connectivity index is 1.40. The van der Waals surface area contributed by atoms with Gasteiger partial charge in [-0.15, -0.1) is 0 Å². The van der Waals surface area contributed by atoms with E-state index in [0.29, 0.717) is 35.6 Å². The number of nitrogens with one attached hydrogen (secondary N) is 1. The molecule has 4 rings (SSSR count). The van der Waals surface area contributed by atoms with E-state index in [1.165, 1.54) is 10.7 Å². The molecule has 8 nitrogen and oxygen atoms in total. The van der Waals surface area contributed by atoms with Crippen LogP contribution in [0.5, 0.6) is 5.75 Å². The molecule has 4 aromatic rings. The highest BCUT2D eigenvalue weighted by Gasteiger charge is 2.10. The zero-order valence-corrected chi connectivity index (χ0v) is 17.1. The lowest BCUT2D eigenvalue weighted by Crippen LogP contribution is -2.23. The molecule has 0 bridgehead atoms. The highest BCUT2D eigenvalue weighted by atomic mass is 32.1. The Morgan fingerprint density at radius 3 is 2.87 bits per heavy atom. The lowest BCUT2D eigenvalue weighted by atomic mass is 10.1. The summed E-state index contributed by atoms with van der Waals surface area (Å²) in [6.07, 6.45) is 0.733. The second kappa shape index (κ2) is 8.83. The number of aromatic nitrogens is 4.